The Balaban J connectivity index is 0.000000641. The number of allylic oxidation sites excluding steroid dienone is 2. The second-order valence-corrected chi connectivity index (χ2v) is 16.6. The van der Waals surface area contributed by atoms with Crippen molar-refractivity contribution in [1.82, 2.24) is 0 Å². The van der Waals surface area contributed by atoms with Crippen LogP contribution in [0.5, 0.6) is 0 Å². The molecule has 2 heteroatoms. The van der Waals surface area contributed by atoms with E-state index < -0.39 is 0 Å². The summed E-state index contributed by atoms with van der Waals surface area (Å²) in [6, 6.07) is 13.1. The molecule has 2 atom stereocenters. The number of rotatable bonds is 9. The molecule has 46 heavy (non-hydrogen) atoms. The van der Waals surface area contributed by atoms with Crippen LogP contribution in [0.1, 0.15) is 202 Å². The van der Waals surface area contributed by atoms with Crippen LogP contribution in [-0.2, 0) is 21.7 Å². The molecule has 2 aromatic carbocycles. The molecule has 1 heterocycles. The van der Waals surface area contributed by atoms with Crippen LogP contribution in [0, 0.1) is 12.8 Å². The Morgan fingerprint density at radius 3 is 1.33 bits per heavy atom. The summed E-state index contributed by atoms with van der Waals surface area (Å²) in [6.45, 7) is 31.6. The van der Waals surface area contributed by atoms with Gasteiger partial charge in [-0.1, -0.05) is 166 Å². The van der Waals surface area contributed by atoms with Crippen LogP contribution in [0.3, 0.4) is 0 Å². The van der Waals surface area contributed by atoms with Crippen molar-refractivity contribution in [3.63, 3.8) is 0 Å². The van der Waals surface area contributed by atoms with Gasteiger partial charge in [0.25, 0.3) is 0 Å². The minimum Gasteiger partial charge on any atom is -0.343 e. The Hall–Kier alpha value is -1.15. The van der Waals surface area contributed by atoms with Crippen LogP contribution >= 0.6 is 0 Å². The first-order valence-corrected chi connectivity index (χ1v) is 19.9. The van der Waals surface area contributed by atoms with E-state index in [9.17, 15) is 0 Å². The zero-order chi connectivity index (χ0) is 33.4. The summed E-state index contributed by atoms with van der Waals surface area (Å²) in [5, 5.41) is 0. The van der Waals surface area contributed by atoms with E-state index in [0.29, 0.717) is 35.5 Å². The van der Waals surface area contributed by atoms with Crippen LogP contribution < -0.4 is 0 Å². The van der Waals surface area contributed by atoms with E-state index in [0.717, 1.165) is 6.42 Å². The Morgan fingerprint density at radius 1 is 0.674 bits per heavy atom. The fraction of sp³-hybridized carbons (Fsp3) is 0.591. The quantitative estimate of drug-likeness (QED) is 0.184. The topological polar surface area (TPSA) is 0 Å². The molecule has 2 unspecified atom stereocenters. The molecule has 0 saturated carbocycles. The molecule has 2 radical (unpaired) electrons. The van der Waals surface area contributed by atoms with E-state index in [2.05, 4.69) is 126 Å². The first-order chi connectivity index (χ1) is 21.4. The average molecular weight is 671 g/mol. The molecular formula is C44H66SiTi. The van der Waals surface area contributed by atoms with Crippen LogP contribution in [0.15, 0.2) is 35.4 Å². The van der Waals surface area contributed by atoms with E-state index in [1.807, 2.05) is 0 Å². The van der Waals surface area contributed by atoms with Crippen molar-refractivity contribution in [2.75, 3.05) is 0 Å². The summed E-state index contributed by atoms with van der Waals surface area (Å²) in [7, 11) is 1.31. The summed E-state index contributed by atoms with van der Waals surface area (Å²) in [4.78, 5) is 0. The molecule has 0 aromatic heterocycles. The van der Waals surface area contributed by atoms with Gasteiger partial charge in [-0.2, -0.15) is 12.8 Å². The maximum atomic E-state index is 3.60. The van der Waals surface area contributed by atoms with Gasteiger partial charge in [-0.15, -0.1) is 11.8 Å². The fourth-order valence-corrected chi connectivity index (χ4v) is 8.59. The predicted molar refractivity (Wildman–Crippen MR) is 205 cm³/mol. The van der Waals surface area contributed by atoms with Crippen LogP contribution in [0.4, 0.5) is 0 Å². The van der Waals surface area contributed by atoms with Crippen molar-refractivity contribution in [1.29, 1.82) is 0 Å². The summed E-state index contributed by atoms with van der Waals surface area (Å²) in [5.41, 5.74) is 15.2. The van der Waals surface area contributed by atoms with Gasteiger partial charge in [0.05, 0.1) is 0 Å². The van der Waals surface area contributed by atoms with Crippen molar-refractivity contribution in [2.24, 2.45) is 0 Å². The molecule has 0 amide bonds. The van der Waals surface area contributed by atoms with Gasteiger partial charge in [0.15, 0.2) is 0 Å². The van der Waals surface area contributed by atoms with E-state index in [1.165, 1.54) is 98.2 Å². The number of hydrogen-bond acceptors (Lipinski definition) is 0. The molecule has 5 rings (SSSR count). The molecule has 1 fully saturated rings. The van der Waals surface area contributed by atoms with Gasteiger partial charge < -0.3 is 6.92 Å². The van der Waals surface area contributed by atoms with Crippen molar-refractivity contribution in [2.45, 2.75) is 169 Å². The molecule has 0 spiro atoms. The largest absolute Gasteiger partial charge is 2.00 e. The Labute approximate surface area is 303 Å². The van der Waals surface area contributed by atoms with E-state index >= 15 is 0 Å². The maximum absolute atomic E-state index is 3.60. The summed E-state index contributed by atoms with van der Waals surface area (Å²) in [5.74, 6) is 4.70. The van der Waals surface area contributed by atoms with E-state index in [-0.39, 0.29) is 21.7 Å². The van der Waals surface area contributed by atoms with Gasteiger partial charge in [0.1, 0.15) is 0 Å². The maximum Gasteiger partial charge on any atom is 2.00 e. The van der Waals surface area contributed by atoms with Crippen molar-refractivity contribution >= 4 is 21.7 Å². The Bertz CT molecular complexity index is 1200. The average Bonchev–Trinajstić information content (AvgIpc) is 3.74. The third-order valence-corrected chi connectivity index (χ3v) is 11.4. The summed E-state index contributed by atoms with van der Waals surface area (Å²) < 4.78 is 0. The minimum absolute atomic E-state index is 0. The Morgan fingerprint density at radius 2 is 1.07 bits per heavy atom. The molecule has 3 aliphatic rings. The van der Waals surface area contributed by atoms with Gasteiger partial charge in [0.2, 0.25) is 0 Å². The number of unbranched alkanes of at least 4 members (excludes halogenated alkanes) is 1. The van der Waals surface area contributed by atoms with Gasteiger partial charge in [-0.05, 0) is 70.9 Å². The number of fused-ring (bicyclic) bond motifs is 2. The molecule has 2 aromatic rings. The molecule has 1 saturated heterocycles. The van der Waals surface area contributed by atoms with Crippen LogP contribution in [0.2, 0.25) is 12.1 Å². The van der Waals surface area contributed by atoms with E-state index in [1.54, 1.807) is 17.0 Å². The molecule has 0 nitrogen and oxygen atoms in total. The first-order valence-electron chi connectivity index (χ1n) is 18.4. The van der Waals surface area contributed by atoms with Crippen LogP contribution in [0.25, 0.3) is 12.2 Å². The third kappa shape index (κ3) is 9.72. The standard InChI is InChI=1S/C36H49.C4H8Si.C4H9.Ti/c1-12-13-28(35-24(10)14-31-29(22(6)7)16-26(20(2)3)18-33(31)35)36-25(11)15-32-30(23(8)9)17-27(21(4)5)19-34(32)36;1-2-4-5-3-1;1-3-4-2;/h14-23,35-36H,12-13H2,1-11H3;1-4H2;1,3-4H2,2H3;/q-1;;-1;+2. The minimum atomic E-state index is 0. The third-order valence-electron chi connectivity index (χ3n) is 9.98. The molecule has 1 aliphatic heterocycles. The second-order valence-electron chi connectivity index (χ2n) is 15.1. The molecule has 0 N–H and O–H groups in total. The first kappa shape index (κ1) is 41.0. The molecular weight excluding hydrogens is 604 g/mol. The summed E-state index contributed by atoms with van der Waals surface area (Å²) >= 11 is 0. The number of benzene rings is 2. The molecule has 2 aliphatic carbocycles. The van der Waals surface area contributed by atoms with Gasteiger partial charge in [-0.25, -0.2) is 0 Å². The Kier molecular flexibility index (Phi) is 17.1. The second kappa shape index (κ2) is 19.1. The van der Waals surface area contributed by atoms with E-state index in [4.69, 9.17) is 0 Å². The van der Waals surface area contributed by atoms with Gasteiger partial charge in [0, 0.05) is 9.52 Å². The molecule has 250 valence electrons. The normalized spacial score (nSPS) is 18.2. The van der Waals surface area contributed by atoms with Gasteiger partial charge >= 0.3 is 21.7 Å². The van der Waals surface area contributed by atoms with Crippen molar-refractivity contribution < 1.29 is 21.7 Å². The monoisotopic (exact) mass is 670 g/mol. The SMILES string of the molecule is C1CC[Si]C1.CCC[C-](C1C(C)=Cc2c(C(C)C)cc(C(C)C)cc21)C1C(C)=Cc2c(C(C)C)cc(C(C)C)cc21.[CH2-]CCC.[Ti+2]. The predicted octanol–water partition coefficient (Wildman–Crippen LogP) is 14.2. The van der Waals surface area contributed by atoms with Gasteiger partial charge in [-0.3, -0.25) is 5.92 Å². The van der Waals surface area contributed by atoms with Crippen molar-refractivity contribution in [3.05, 3.63) is 92.8 Å². The molecule has 0 bridgehead atoms. The fourth-order valence-electron chi connectivity index (χ4n) is 7.34. The smallest absolute Gasteiger partial charge is 0.343 e. The van der Waals surface area contributed by atoms with Crippen molar-refractivity contribution in [3.8, 4) is 0 Å². The zero-order valence-electron chi connectivity index (χ0n) is 31.8. The van der Waals surface area contributed by atoms with Crippen LogP contribution in [-0.4, -0.2) is 9.52 Å². The summed E-state index contributed by atoms with van der Waals surface area (Å²) in [6.07, 6.45) is 12.7. The zero-order valence-corrected chi connectivity index (χ0v) is 34.4. The number of hydrogen-bond donors (Lipinski definition) is 0.